The maximum absolute atomic E-state index is 11.4. The van der Waals surface area contributed by atoms with Gasteiger partial charge in [-0.3, -0.25) is 10.1 Å². The number of halogens is 1. The first-order chi connectivity index (χ1) is 6.87. The lowest BCUT2D eigenvalue weighted by molar-refractivity contribution is -0.119. The smallest absolute Gasteiger partial charge is 0.321 e. The van der Waals surface area contributed by atoms with E-state index in [4.69, 9.17) is 11.6 Å². The van der Waals surface area contributed by atoms with Crippen LogP contribution in [0.5, 0.6) is 0 Å². The van der Waals surface area contributed by atoms with E-state index in [-0.39, 0.29) is 5.54 Å². The summed E-state index contributed by atoms with van der Waals surface area (Å²) in [5, 5.41) is 4.34. The van der Waals surface area contributed by atoms with Gasteiger partial charge in [-0.2, -0.15) is 0 Å². The van der Waals surface area contributed by atoms with Crippen molar-refractivity contribution in [3.05, 3.63) is 0 Å². The molecule has 1 rings (SSSR count). The molecule has 0 heterocycles. The number of nitrogens with one attached hydrogen (secondary N) is 2. The Bertz CT molecular complexity index is 273. The second-order valence-corrected chi connectivity index (χ2v) is 5.02. The van der Waals surface area contributed by atoms with Crippen LogP contribution in [0, 0.1) is 5.92 Å². The van der Waals surface area contributed by atoms with Crippen molar-refractivity contribution in [1.29, 1.82) is 0 Å². The molecule has 1 unspecified atom stereocenters. The van der Waals surface area contributed by atoms with E-state index in [1.54, 1.807) is 0 Å². The van der Waals surface area contributed by atoms with Crippen molar-refractivity contribution in [2.24, 2.45) is 5.92 Å². The van der Waals surface area contributed by atoms with E-state index < -0.39 is 17.3 Å². The molecule has 1 saturated carbocycles. The number of imide groups is 1. The Morgan fingerprint density at radius 3 is 2.13 bits per heavy atom. The van der Waals surface area contributed by atoms with Crippen LogP contribution in [-0.2, 0) is 4.79 Å². The topological polar surface area (TPSA) is 58.2 Å². The number of hydrogen-bond donors (Lipinski definition) is 2. The third-order valence-corrected chi connectivity index (χ3v) is 3.05. The molecule has 0 radical (unpaired) electrons. The van der Waals surface area contributed by atoms with Crippen molar-refractivity contribution < 1.29 is 9.59 Å². The number of urea groups is 1. The van der Waals surface area contributed by atoms with Crippen LogP contribution in [0.1, 0.15) is 33.6 Å². The number of rotatable bonds is 3. The zero-order valence-corrected chi connectivity index (χ0v) is 10.0. The molecular weight excluding hydrogens is 216 g/mol. The van der Waals surface area contributed by atoms with Gasteiger partial charge in [-0.25, -0.2) is 4.79 Å². The second-order valence-electron chi connectivity index (χ2n) is 4.37. The Kier molecular flexibility index (Phi) is 3.60. The zero-order valence-electron chi connectivity index (χ0n) is 9.26. The van der Waals surface area contributed by atoms with Crippen LogP contribution in [0.15, 0.2) is 0 Å². The maximum Gasteiger partial charge on any atom is 0.321 e. The van der Waals surface area contributed by atoms with Gasteiger partial charge in [-0.15, -0.1) is 11.6 Å². The van der Waals surface area contributed by atoms with Gasteiger partial charge in [0.25, 0.3) is 0 Å². The number of carbonyl (C=O) groups excluding carboxylic acids is 2. The molecule has 2 N–H and O–H groups in total. The molecule has 0 spiro atoms. The van der Waals surface area contributed by atoms with E-state index in [0.29, 0.717) is 5.92 Å². The quantitative estimate of drug-likeness (QED) is 0.727. The molecule has 0 saturated heterocycles. The lowest BCUT2D eigenvalue weighted by atomic mass is 10.0. The molecule has 1 aliphatic carbocycles. The molecule has 0 aromatic heterocycles. The lowest BCUT2D eigenvalue weighted by Gasteiger charge is -2.21. The van der Waals surface area contributed by atoms with Crippen molar-refractivity contribution in [2.45, 2.75) is 44.5 Å². The molecule has 1 aliphatic rings. The van der Waals surface area contributed by atoms with Crippen LogP contribution in [-0.4, -0.2) is 22.9 Å². The van der Waals surface area contributed by atoms with Crippen LogP contribution in [0.25, 0.3) is 0 Å². The Hall–Kier alpha value is -0.770. The van der Waals surface area contributed by atoms with Crippen molar-refractivity contribution in [2.75, 3.05) is 0 Å². The first kappa shape index (κ1) is 12.3. The monoisotopic (exact) mass is 232 g/mol. The second kappa shape index (κ2) is 4.39. The molecule has 3 amide bonds. The summed E-state index contributed by atoms with van der Waals surface area (Å²) in [7, 11) is 0. The summed E-state index contributed by atoms with van der Waals surface area (Å²) >= 11 is 5.53. The van der Waals surface area contributed by atoms with Gasteiger partial charge >= 0.3 is 6.03 Å². The summed E-state index contributed by atoms with van der Waals surface area (Å²) in [6.45, 7) is 5.64. The number of hydrogen-bond acceptors (Lipinski definition) is 2. The summed E-state index contributed by atoms with van der Waals surface area (Å²) in [5.74, 6) is -0.0829. The summed E-state index contributed by atoms with van der Waals surface area (Å²) in [4.78, 5) is 22.5. The zero-order chi connectivity index (χ0) is 11.6. The fourth-order valence-corrected chi connectivity index (χ4v) is 1.50. The van der Waals surface area contributed by atoms with E-state index in [0.717, 1.165) is 12.8 Å². The Morgan fingerprint density at radius 2 is 1.80 bits per heavy atom. The van der Waals surface area contributed by atoms with Crippen molar-refractivity contribution in [3.8, 4) is 0 Å². The number of amides is 3. The summed E-state index contributed by atoms with van der Waals surface area (Å²) < 4.78 is 0. The molecule has 1 fully saturated rings. The highest BCUT2D eigenvalue weighted by atomic mass is 35.5. The van der Waals surface area contributed by atoms with E-state index >= 15 is 0 Å². The van der Waals surface area contributed by atoms with Crippen LogP contribution in [0.2, 0.25) is 0 Å². The molecule has 0 aliphatic heterocycles. The van der Waals surface area contributed by atoms with Crippen molar-refractivity contribution in [3.63, 3.8) is 0 Å². The maximum atomic E-state index is 11.4. The third kappa shape index (κ3) is 3.09. The molecule has 15 heavy (non-hydrogen) atoms. The minimum absolute atomic E-state index is 0.111. The minimum Gasteiger partial charge on any atom is -0.332 e. The van der Waals surface area contributed by atoms with Crippen LogP contribution in [0.3, 0.4) is 0 Å². The molecule has 0 aromatic rings. The average molecular weight is 233 g/mol. The van der Waals surface area contributed by atoms with Gasteiger partial charge in [0.05, 0.1) is 0 Å². The van der Waals surface area contributed by atoms with Crippen LogP contribution >= 0.6 is 11.6 Å². The molecular formula is C10H17ClN2O2. The fourth-order valence-electron chi connectivity index (χ4n) is 1.45. The molecule has 86 valence electrons. The highest BCUT2D eigenvalue weighted by molar-refractivity contribution is 6.31. The Balaban J connectivity index is 2.40. The van der Waals surface area contributed by atoms with Crippen molar-refractivity contribution >= 4 is 23.5 Å². The first-order valence-electron chi connectivity index (χ1n) is 5.14. The normalized spacial score (nSPS) is 19.5. The minimum atomic E-state index is -0.690. The van der Waals surface area contributed by atoms with Gasteiger partial charge < -0.3 is 5.32 Å². The van der Waals surface area contributed by atoms with Gasteiger partial charge in [-0.05, 0) is 25.7 Å². The SMILES string of the molecule is CC(Cl)C(=O)NC(=O)NC1(C(C)C)CC1. The van der Waals surface area contributed by atoms with Gasteiger partial charge in [-0.1, -0.05) is 13.8 Å². The van der Waals surface area contributed by atoms with Gasteiger partial charge in [0.2, 0.25) is 5.91 Å². The van der Waals surface area contributed by atoms with E-state index in [2.05, 4.69) is 24.5 Å². The molecule has 0 bridgehead atoms. The molecule has 4 nitrogen and oxygen atoms in total. The average Bonchev–Trinajstić information content (AvgIpc) is 2.84. The molecule has 0 aromatic carbocycles. The largest absolute Gasteiger partial charge is 0.332 e. The van der Waals surface area contributed by atoms with E-state index in [1.165, 1.54) is 6.92 Å². The molecule has 5 heteroatoms. The number of alkyl halides is 1. The third-order valence-electron chi connectivity index (χ3n) is 2.85. The molecule has 1 atom stereocenters. The Morgan fingerprint density at radius 1 is 1.27 bits per heavy atom. The van der Waals surface area contributed by atoms with Gasteiger partial charge in [0.15, 0.2) is 0 Å². The lowest BCUT2D eigenvalue weighted by Crippen LogP contribution is -2.49. The van der Waals surface area contributed by atoms with E-state index in [9.17, 15) is 9.59 Å². The standard InChI is InChI=1S/C10H17ClN2O2/c1-6(2)10(4-5-10)13-9(15)12-8(14)7(3)11/h6-7H,4-5H2,1-3H3,(H2,12,13,14,15). The highest BCUT2D eigenvalue weighted by Gasteiger charge is 2.46. The fraction of sp³-hybridized carbons (Fsp3) is 0.800. The Labute approximate surface area is 94.7 Å². The summed E-state index contributed by atoms with van der Waals surface area (Å²) in [6.07, 6.45) is 1.95. The first-order valence-corrected chi connectivity index (χ1v) is 5.58. The highest BCUT2D eigenvalue weighted by Crippen LogP contribution is 2.41. The van der Waals surface area contributed by atoms with Crippen LogP contribution < -0.4 is 10.6 Å². The predicted molar refractivity (Wildman–Crippen MR) is 58.8 cm³/mol. The summed E-state index contributed by atoms with van der Waals surface area (Å²) in [5.41, 5.74) is -0.111. The predicted octanol–water partition coefficient (Wildman–Crippen LogP) is 1.63. The van der Waals surface area contributed by atoms with E-state index in [1.807, 2.05) is 0 Å². The van der Waals surface area contributed by atoms with Gasteiger partial charge in [0.1, 0.15) is 5.38 Å². The van der Waals surface area contributed by atoms with Crippen molar-refractivity contribution in [1.82, 2.24) is 10.6 Å². The summed E-state index contributed by atoms with van der Waals surface area (Å²) in [6, 6.07) is -0.446. The number of carbonyl (C=O) groups is 2. The van der Waals surface area contributed by atoms with Crippen LogP contribution in [0.4, 0.5) is 4.79 Å². The van der Waals surface area contributed by atoms with Gasteiger partial charge in [0, 0.05) is 5.54 Å².